The minimum absolute atomic E-state index is 0.250. The number of aliphatic hydroxyl groups excluding tert-OH is 2. The van der Waals surface area contributed by atoms with E-state index in [0.717, 1.165) is 6.42 Å². The molecule has 0 radical (unpaired) electrons. The van der Waals surface area contributed by atoms with Gasteiger partial charge in [0.25, 0.3) is 0 Å². The van der Waals surface area contributed by atoms with E-state index in [9.17, 15) is 0 Å². The normalized spacial score (nSPS) is 10.4. The van der Waals surface area contributed by atoms with Crippen LogP contribution in [0.4, 0.5) is 0 Å². The zero-order valence-corrected chi connectivity index (χ0v) is 15.6. The van der Waals surface area contributed by atoms with Crippen LogP contribution in [0.1, 0.15) is 117 Å². The average Bonchev–Trinajstić information content (AvgIpc) is 2.52. The molecule has 0 bridgehead atoms. The summed E-state index contributed by atoms with van der Waals surface area (Å²) in [6, 6.07) is 0. The molecular formula is C20H44O2. The van der Waals surface area contributed by atoms with Crippen LogP contribution in [0.25, 0.3) is 0 Å². The van der Waals surface area contributed by atoms with Crippen molar-refractivity contribution >= 4 is 0 Å². The molecule has 0 aromatic carbocycles. The van der Waals surface area contributed by atoms with Gasteiger partial charge < -0.3 is 10.2 Å². The van der Waals surface area contributed by atoms with Gasteiger partial charge in [-0.05, 0) is 13.3 Å². The lowest BCUT2D eigenvalue weighted by atomic mass is 10.0. The van der Waals surface area contributed by atoms with Gasteiger partial charge in [-0.25, -0.2) is 0 Å². The summed E-state index contributed by atoms with van der Waals surface area (Å²) in [4.78, 5) is 0. The van der Waals surface area contributed by atoms with Gasteiger partial charge in [-0.15, -0.1) is 0 Å². The van der Waals surface area contributed by atoms with Gasteiger partial charge in [-0.1, -0.05) is 103 Å². The van der Waals surface area contributed by atoms with Gasteiger partial charge >= 0.3 is 0 Å². The summed E-state index contributed by atoms with van der Waals surface area (Å²) < 4.78 is 0. The van der Waals surface area contributed by atoms with E-state index in [2.05, 4.69) is 6.92 Å². The molecule has 0 rings (SSSR count). The van der Waals surface area contributed by atoms with Crippen LogP contribution in [-0.4, -0.2) is 23.4 Å². The fourth-order valence-corrected chi connectivity index (χ4v) is 2.66. The van der Waals surface area contributed by atoms with Crippen LogP contribution in [0.5, 0.6) is 0 Å². The fraction of sp³-hybridized carbons (Fsp3) is 1.00. The van der Waals surface area contributed by atoms with Crippen molar-refractivity contribution in [3.05, 3.63) is 0 Å². The minimum atomic E-state index is 0.250. The first kappa shape index (κ1) is 24.2. The molecule has 0 aliphatic heterocycles. The standard InChI is InChI=1S/C18H38O.C2H6O/c1-2-3-4-5-6-7-8-9-10-11-12-13-14-15-16-17-18-19;1-2-3/h19H,2-18H2,1H3;3H,2H2,1H3. The quantitative estimate of drug-likeness (QED) is 0.331. The van der Waals surface area contributed by atoms with E-state index in [0.29, 0.717) is 6.61 Å². The Morgan fingerprint density at radius 2 is 0.636 bits per heavy atom. The van der Waals surface area contributed by atoms with Crippen molar-refractivity contribution in [1.29, 1.82) is 0 Å². The summed E-state index contributed by atoms with van der Waals surface area (Å²) >= 11 is 0. The van der Waals surface area contributed by atoms with E-state index in [1.807, 2.05) is 0 Å². The minimum Gasteiger partial charge on any atom is -0.397 e. The third kappa shape index (κ3) is 28.1. The van der Waals surface area contributed by atoms with Gasteiger partial charge in [-0.2, -0.15) is 0 Å². The Hall–Kier alpha value is -0.0800. The van der Waals surface area contributed by atoms with Gasteiger partial charge in [-0.3, -0.25) is 0 Å². The molecule has 0 unspecified atom stereocenters. The zero-order chi connectivity index (χ0) is 16.7. The molecule has 0 saturated heterocycles. The molecule has 136 valence electrons. The van der Waals surface area contributed by atoms with Crippen molar-refractivity contribution in [3.8, 4) is 0 Å². The number of unbranched alkanes of at least 4 members (excludes halogenated alkanes) is 15. The maximum absolute atomic E-state index is 8.67. The van der Waals surface area contributed by atoms with Crippen molar-refractivity contribution in [2.24, 2.45) is 0 Å². The second kappa shape index (κ2) is 25.9. The van der Waals surface area contributed by atoms with Crippen LogP contribution in [0.2, 0.25) is 0 Å². The summed E-state index contributed by atoms with van der Waals surface area (Å²) in [5.74, 6) is 0. The molecule has 2 heteroatoms. The van der Waals surface area contributed by atoms with Crippen LogP contribution in [-0.2, 0) is 0 Å². The summed E-state index contributed by atoms with van der Waals surface area (Å²) in [5.41, 5.74) is 0. The largest absolute Gasteiger partial charge is 0.397 e. The predicted octanol–water partition coefficient (Wildman–Crippen LogP) is 6.24. The van der Waals surface area contributed by atoms with Gasteiger partial charge in [0.05, 0.1) is 0 Å². The van der Waals surface area contributed by atoms with Crippen LogP contribution >= 0.6 is 0 Å². The first-order valence-electron chi connectivity index (χ1n) is 10.0. The molecule has 0 fully saturated rings. The molecule has 22 heavy (non-hydrogen) atoms. The highest BCUT2D eigenvalue weighted by atomic mass is 16.3. The molecule has 0 aromatic heterocycles. The number of hydrogen-bond donors (Lipinski definition) is 2. The zero-order valence-electron chi connectivity index (χ0n) is 15.6. The van der Waals surface area contributed by atoms with Crippen molar-refractivity contribution in [1.82, 2.24) is 0 Å². The summed E-state index contributed by atoms with van der Waals surface area (Å²) in [7, 11) is 0. The Kier molecular flexibility index (Phi) is 28.4. The highest BCUT2D eigenvalue weighted by Crippen LogP contribution is 2.13. The predicted molar refractivity (Wildman–Crippen MR) is 99.4 cm³/mol. The third-order valence-electron chi connectivity index (χ3n) is 4.01. The lowest BCUT2D eigenvalue weighted by Crippen LogP contribution is -1.85. The molecule has 0 heterocycles. The Morgan fingerprint density at radius 1 is 0.409 bits per heavy atom. The first-order valence-corrected chi connectivity index (χ1v) is 10.0. The second-order valence-corrected chi connectivity index (χ2v) is 6.34. The second-order valence-electron chi connectivity index (χ2n) is 6.34. The Balaban J connectivity index is 0. The molecule has 2 N–H and O–H groups in total. The van der Waals surface area contributed by atoms with E-state index in [-0.39, 0.29) is 6.61 Å². The van der Waals surface area contributed by atoms with Gasteiger partial charge in [0.2, 0.25) is 0 Å². The number of aliphatic hydroxyl groups is 2. The monoisotopic (exact) mass is 316 g/mol. The smallest absolute Gasteiger partial charge is 0.0431 e. The molecule has 0 amide bonds. The van der Waals surface area contributed by atoms with E-state index in [1.165, 1.54) is 96.3 Å². The molecule has 0 saturated carbocycles. The number of rotatable bonds is 16. The SMILES string of the molecule is CCCCCCCCCCCCCCCCCCO.CCO. The highest BCUT2D eigenvalue weighted by molar-refractivity contribution is 4.49. The first-order chi connectivity index (χ1) is 10.8. The highest BCUT2D eigenvalue weighted by Gasteiger charge is 1.94. The van der Waals surface area contributed by atoms with E-state index in [4.69, 9.17) is 10.2 Å². The molecule has 0 atom stereocenters. The third-order valence-corrected chi connectivity index (χ3v) is 4.01. The van der Waals surface area contributed by atoms with E-state index >= 15 is 0 Å². The molecule has 0 spiro atoms. The van der Waals surface area contributed by atoms with E-state index < -0.39 is 0 Å². The number of hydrogen-bond acceptors (Lipinski definition) is 2. The Labute approximate surface area is 140 Å². The summed E-state index contributed by atoms with van der Waals surface area (Å²) in [6.07, 6.45) is 22.2. The van der Waals surface area contributed by atoms with Gasteiger partial charge in [0, 0.05) is 13.2 Å². The van der Waals surface area contributed by atoms with Crippen LogP contribution in [0, 0.1) is 0 Å². The molecule has 0 aliphatic rings. The molecular weight excluding hydrogens is 272 g/mol. The fourth-order valence-electron chi connectivity index (χ4n) is 2.66. The molecule has 0 aromatic rings. The Morgan fingerprint density at radius 3 is 0.864 bits per heavy atom. The molecule has 0 aliphatic carbocycles. The van der Waals surface area contributed by atoms with Crippen LogP contribution in [0.15, 0.2) is 0 Å². The maximum Gasteiger partial charge on any atom is 0.0431 e. The van der Waals surface area contributed by atoms with Gasteiger partial charge in [0.15, 0.2) is 0 Å². The summed E-state index contributed by atoms with van der Waals surface area (Å²) in [5, 5.41) is 16.2. The van der Waals surface area contributed by atoms with Crippen molar-refractivity contribution < 1.29 is 10.2 Å². The van der Waals surface area contributed by atoms with Crippen molar-refractivity contribution in [2.45, 2.75) is 117 Å². The lowest BCUT2D eigenvalue weighted by molar-refractivity contribution is 0.282. The summed E-state index contributed by atoms with van der Waals surface area (Å²) in [6.45, 7) is 4.59. The lowest BCUT2D eigenvalue weighted by Gasteiger charge is -2.03. The van der Waals surface area contributed by atoms with E-state index in [1.54, 1.807) is 6.92 Å². The van der Waals surface area contributed by atoms with Crippen LogP contribution < -0.4 is 0 Å². The van der Waals surface area contributed by atoms with Crippen LogP contribution in [0.3, 0.4) is 0 Å². The molecule has 2 nitrogen and oxygen atoms in total. The maximum atomic E-state index is 8.67. The van der Waals surface area contributed by atoms with Crippen molar-refractivity contribution in [2.75, 3.05) is 13.2 Å². The topological polar surface area (TPSA) is 40.5 Å². The Bertz CT molecular complexity index is 144. The van der Waals surface area contributed by atoms with Crippen molar-refractivity contribution in [3.63, 3.8) is 0 Å². The van der Waals surface area contributed by atoms with Gasteiger partial charge in [0.1, 0.15) is 0 Å². The average molecular weight is 317 g/mol.